The summed E-state index contributed by atoms with van der Waals surface area (Å²) in [7, 11) is 0. The smallest absolute Gasteiger partial charge is 0.409 e. The molecule has 1 saturated heterocycles. The SMILES string of the molecule is CC(C)COC(=O)N1CCN(CC(C)(O)Cn2cc([N+](=O)[O-])nc2Cl)CC1. The number of aromatic nitrogens is 2. The van der Waals surface area contributed by atoms with Crippen LogP contribution in [0.2, 0.25) is 5.28 Å². The van der Waals surface area contributed by atoms with Gasteiger partial charge in [0.05, 0.1) is 18.8 Å². The Hall–Kier alpha value is -1.91. The molecule has 1 aliphatic heterocycles. The lowest BCUT2D eigenvalue weighted by Gasteiger charge is -2.37. The largest absolute Gasteiger partial charge is 0.449 e. The minimum atomic E-state index is -1.17. The van der Waals surface area contributed by atoms with Crippen molar-refractivity contribution in [2.75, 3.05) is 39.3 Å². The average molecular weight is 404 g/mol. The molecule has 0 bridgehead atoms. The van der Waals surface area contributed by atoms with Gasteiger partial charge in [0.1, 0.15) is 6.20 Å². The van der Waals surface area contributed by atoms with Crippen LogP contribution in [0, 0.1) is 16.0 Å². The Morgan fingerprint density at radius 2 is 2.04 bits per heavy atom. The number of nitro groups is 1. The molecule has 10 nitrogen and oxygen atoms in total. The number of rotatable bonds is 7. The van der Waals surface area contributed by atoms with E-state index in [4.69, 9.17) is 16.3 Å². The van der Waals surface area contributed by atoms with E-state index in [-0.39, 0.29) is 29.7 Å². The quantitative estimate of drug-likeness (QED) is 0.543. The number of carbonyl (C=O) groups excluding carboxylic acids is 1. The van der Waals surface area contributed by atoms with Crippen molar-refractivity contribution in [2.24, 2.45) is 5.92 Å². The van der Waals surface area contributed by atoms with Crippen LogP contribution in [0.15, 0.2) is 6.20 Å². The molecule has 152 valence electrons. The molecule has 1 amide bonds. The summed E-state index contributed by atoms with van der Waals surface area (Å²) >= 11 is 5.91. The maximum Gasteiger partial charge on any atom is 0.409 e. The van der Waals surface area contributed by atoms with Gasteiger partial charge in [-0.1, -0.05) is 13.8 Å². The van der Waals surface area contributed by atoms with Crippen molar-refractivity contribution in [2.45, 2.75) is 32.9 Å². The van der Waals surface area contributed by atoms with Crippen LogP contribution in [0.4, 0.5) is 10.6 Å². The Kier molecular flexibility index (Phi) is 7.01. The maximum absolute atomic E-state index is 12.0. The third-order valence-electron chi connectivity index (χ3n) is 4.15. The van der Waals surface area contributed by atoms with Crippen LogP contribution in [0.3, 0.4) is 0 Å². The zero-order valence-corrected chi connectivity index (χ0v) is 16.6. The van der Waals surface area contributed by atoms with E-state index in [0.29, 0.717) is 39.3 Å². The fraction of sp³-hybridized carbons (Fsp3) is 0.750. The molecule has 0 aliphatic carbocycles. The number of aliphatic hydroxyl groups is 1. The lowest BCUT2D eigenvalue weighted by molar-refractivity contribution is -0.389. The molecule has 0 spiro atoms. The van der Waals surface area contributed by atoms with Crippen molar-refractivity contribution in [1.82, 2.24) is 19.4 Å². The molecule has 1 unspecified atom stereocenters. The van der Waals surface area contributed by atoms with Crippen LogP contribution in [0.5, 0.6) is 0 Å². The Bertz CT molecular complexity index is 670. The maximum atomic E-state index is 12.0. The van der Waals surface area contributed by atoms with Gasteiger partial charge in [0.2, 0.25) is 0 Å². The summed E-state index contributed by atoms with van der Waals surface area (Å²) < 4.78 is 6.59. The molecule has 1 aromatic heterocycles. The number of halogens is 1. The highest BCUT2D eigenvalue weighted by Crippen LogP contribution is 2.20. The van der Waals surface area contributed by atoms with Crippen molar-refractivity contribution >= 4 is 23.5 Å². The van der Waals surface area contributed by atoms with E-state index in [0.717, 1.165) is 0 Å². The second-order valence-corrected chi connectivity index (χ2v) is 7.82. The van der Waals surface area contributed by atoms with Crippen molar-refractivity contribution in [3.05, 3.63) is 21.6 Å². The molecule has 1 N–H and O–H groups in total. The van der Waals surface area contributed by atoms with Gasteiger partial charge < -0.3 is 24.9 Å². The number of imidazole rings is 1. The molecular formula is C16H26ClN5O5. The number of amides is 1. The second kappa shape index (κ2) is 8.85. The molecule has 0 radical (unpaired) electrons. The van der Waals surface area contributed by atoms with Gasteiger partial charge in [-0.3, -0.25) is 9.47 Å². The summed E-state index contributed by atoms with van der Waals surface area (Å²) in [4.78, 5) is 29.5. The molecular weight excluding hydrogens is 378 g/mol. The highest BCUT2D eigenvalue weighted by atomic mass is 35.5. The molecule has 1 aliphatic rings. The number of carbonyl (C=O) groups is 1. The topological polar surface area (TPSA) is 114 Å². The Morgan fingerprint density at radius 1 is 1.41 bits per heavy atom. The van der Waals surface area contributed by atoms with E-state index < -0.39 is 10.5 Å². The monoisotopic (exact) mass is 403 g/mol. The molecule has 0 saturated carbocycles. The zero-order chi connectivity index (χ0) is 20.2. The molecule has 1 fully saturated rings. The number of piperazine rings is 1. The Morgan fingerprint density at radius 3 is 2.56 bits per heavy atom. The van der Waals surface area contributed by atoms with Crippen LogP contribution < -0.4 is 0 Å². The van der Waals surface area contributed by atoms with Gasteiger partial charge in [0.15, 0.2) is 0 Å². The summed E-state index contributed by atoms with van der Waals surface area (Å²) in [6.45, 7) is 8.64. The van der Waals surface area contributed by atoms with Gasteiger partial charge >= 0.3 is 17.2 Å². The Labute approximate surface area is 162 Å². The first-order valence-electron chi connectivity index (χ1n) is 8.81. The van der Waals surface area contributed by atoms with Crippen molar-refractivity contribution < 1.29 is 19.6 Å². The fourth-order valence-electron chi connectivity index (χ4n) is 2.90. The summed E-state index contributed by atoms with van der Waals surface area (Å²) in [5.41, 5.74) is -1.17. The zero-order valence-electron chi connectivity index (χ0n) is 15.8. The van der Waals surface area contributed by atoms with E-state index in [1.165, 1.54) is 10.8 Å². The number of hydrogen-bond acceptors (Lipinski definition) is 7. The third-order valence-corrected chi connectivity index (χ3v) is 4.45. The molecule has 11 heteroatoms. The highest BCUT2D eigenvalue weighted by Gasteiger charge is 2.30. The number of β-amino-alcohol motifs (C(OH)–C–C–N with tert-alkyl or cyclic N) is 1. The summed E-state index contributed by atoms with van der Waals surface area (Å²) in [5, 5.41) is 21.4. The Balaban J connectivity index is 1.85. The van der Waals surface area contributed by atoms with Crippen molar-refractivity contribution in [3.63, 3.8) is 0 Å². The van der Waals surface area contributed by atoms with Gasteiger partial charge in [0, 0.05) is 32.7 Å². The number of nitrogens with zero attached hydrogens (tertiary/aromatic N) is 5. The van der Waals surface area contributed by atoms with Crippen LogP contribution >= 0.6 is 11.6 Å². The second-order valence-electron chi connectivity index (χ2n) is 7.48. The average Bonchev–Trinajstić information content (AvgIpc) is 2.93. The summed E-state index contributed by atoms with van der Waals surface area (Å²) in [6.07, 6.45) is 0.895. The fourth-order valence-corrected chi connectivity index (χ4v) is 3.09. The molecule has 2 heterocycles. The van der Waals surface area contributed by atoms with E-state index >= 15 is 0 Å². The molecule has 2 rings (SSSR count). The first-order valence-corrected chi connectivity index (χ1v) is 9.18. The first kappa shape index (κ1) is 21.4. The van der Waals surface area contributed by atoms with E-state index in [9.17, 15) is 20.0 Å². The van der Waals surface area contributed by atoms with Gasteiger partial charge in [0.25, 0.3) is 0 Å². The van der Waals surface area contributed by atoms with Crippen LogP contribution in [-0.4, -0.2) is 80.4 Å². The predicted molar refractivity (Wildman–Crippen MR) is 98.7 cm³/mol. The van der Waals surface area contributed by atoms with Crippen LogP contribution in [0.1, 0.15) is 20.8 Å². The molecule has 27 heavy (non-hydrogen) atoms. The van der Waals surface area contributed by atoms with Crippen LogP contribution in [-0.2, 0) is 11.3 Å². The van der Waals surface area contributed by atoms with Gasteiger partial charge in [-0.15, -0.1) is 0 Å². The summed E-state index contributed by atoms with van der Waals surface area (Å²) in [6, 6.07) is 0. The van der Waals surface area contributed by atoms with Gasteiger partial charge in [-0.05, 0) is 34.3 Å². The normalized spacial score (nSPS) is 17.8. The first-order chi connectivity index (χ1) is 12.6. The molecule has 0 aromatic carbocycles. The van der Waals surface area contributed by atoms with E-state index in [1.54, 1.807) is 11.8 Å². The van der Waals surface area contributed by atoms with E-state index in [1.807, 2.05) is 18.7 Å². The number of ether oxygens (including phenoxy) is 1. The van der Waals surface area contributed by atoms with Gasteiger partial charge in [-0.2, -0.15) is 0 Å². The molecule has 1 aromatic rings. The van der Waals surface area contributed by atoms with Gasteiger partial charge in [-0.25, -0.2) is 4.79 Å². The predicted octanol–water partition coefficient (Wildman–Crippen LogP) is 1.61. The lowest BCUT2D eigenvalue weighted by atomic mass is 10.1. The van der Waals surface area contributed by atoms with Crippen molar-refractivity contribution in [1.29, 1.82) is 0 Å². The minimum absolute atomic E-state index is 0.0420. The lowest BCUT2D eigenvalue weighted by Crippen LogP contribution is -2.53. The van der Waals surface area contributed by atoms with Crippen molar-refractivity contribution in [3.8, 4) is 0 Å². The minimum Gasteiger partial charge on any atom is -0.449 e. The third kappa shape index (κ3) is 6.33. The molecule has 1 atom stereocenters. The van der Waals surface area contributed by atoms with Crippen LogP contribution in [0.25, 0.3) is 0 Å². The number of hydrogen-bond donors (Lipinski definition) is 1. The highest BCUT2D eigenvalue weighted by molar-refractivity contribution is 6.28. The summed E-state index contributed by atoms with van der Waals surface area (Å²) in [5.74, 6) is -0.0690. The standard InChI is InChI=1S/C16H26ClN5O5/c1-12(2)9-27-15(23)20-6-4-19(5-7-20)10-16(3,24)11-21-8-13(22(25)26)18-14(21)17/h8,12,24H,4-7,9-11H2,1-3H3. The van der Waals surface area contributed by atoms with E-state index in [2.05, 4.69) is 4.98 Å².